The third-order valence-electron chi connectivity index (χ3n) is 2.21. The molecule has 1 nitrogen and oxygen atoms in total. The zero-order chi connectivity index (χ0) is 10.0. The lowest BCUT2D eigenvalue weighted by atomic mass is 10.0. The van der Waals surface area contributed by atoms with Gasteiger partial charge < -0.3 is 5.73 Å². The van der Waals surface area contributed by atoms with Crippen molar-refractivity contribution < 1.29 is 4.39 Å². The Balaban J connectivity index is 3.13. The van der Waals surface area contributed by atoms with Crippen LogP contribution in [0.5, 0.6) is 0 Å². The Labute approximate surface area is 91.7 Å². The van der Waals surface area contributed by atoms with Gasteiger partial charge in [0.25, 0.3) is 0 Å². The molecule has 72 valence electrons. The van der Waals surface area contributed by atoms with Crippen LogP contribution in [-0.4, -0.2) is 4.43 Å². The second kappa shape index (κ2) is 4.26. The van der Waals surface area contributed by atoms with E-state index in [-0.39, 0.29) is 5.82 Å². The molecule has 13 heavy (non-hydrogen) atoms. The van der Waals surface area contributed by atoms with Gasteiger partial charge in [-0.3, -0.25) is 0 Å². The number of halogens is 2. The molecule has 0 saturated carbocycles. The largest absolute Gasteiger partial charge is 0.398 e. The van der Waals surface area contributed by atoms with Gasteiger partial charge in [0, 0.05) is 15.7 Å². The molecule has 1 aromatic carbocycles. The maximum Gasteiger partial charge on any atom is 0.128 e. The van der Waals surface area contributed by atoms with Gasteiger partial charge in [-0.1, -0.05) is 29.5 Å². The van der Waals surface area contributed by atoms with Crippen molar-refractivity contribution in [3.63, 3.8) is 0 Å². The van der Waals surface area contributed by atoms with Crippen molar-refractivity contribution in [2.24, 2.45) is 0 Å². The Morgan fingerprint density at radius 1 is 1.54 bits per heavy atom. The van der Waals surface area contributed by atoms with Gasteiger partial charge in [-0.15, -0.1) is 0 Å². The summed E-state index contributed by atoms with van der Waals surface area (Å²) in [5, 5.41) is 0. The third kappa shape index (κ3) is 2.33. The fourth-order valence-electron chi connectivity index (χ4n) is 1.10. The van der Waals surface area contributed by atoms with Crippen LogP contribution in [-0.2, 0) is 0 Å². The van der Waals surface area contributed by atoms with E-state index in [9.17, 15) is 4.39 Å². The van der Waals surface area contributed by atoms with E-state index in [1.165, 1.54) is 0 Å². The maximum absolute atomic E-state index is 13.3. The predicted molar refractivity (Wildman–Crippen MR) is 62.9 cm³/mol. The maximum atomic E-state index is 13.3. The van der Waals surface area contributed by atoms with Crippen LogP contribution in [0.25, 0.3) is 0 Å². The topological polar surface area (TPSA) is 26.0 Å². The summed E-state index contributed by atoms with van der Waals surface area (Å²) in [5.74, 6) is 0.157. The lowest BCUT2D eigenvalue weighted by molar-refractivity contribution is 0.615. The standard InChI is InChI=1S/C10H13FIN/c1-6(5-12)8-3-9(11)7(2)10(13)4-8/h3-4,6H,5,13H2,1-2H3. The van der Waals surface area contributed by atoms with Crippen LogP contribution < -0.4 is 5.73 Å². The number of alkyl halides is 1. The van der Waals surface area contributed by atoms with Crippen molar-refractivity contribution in [3.05, 3.63) is 29.1 Å². The van der Waals surface area contributed by atoms with Gasteiger partial charge in [0.1, 0.15) is 5.82 Å². The van der Waals surface area contributed by atoms with Gasteiger partial charge in [-0.2, -0.15) is 0 Å². The molecule has 3 heteroatoms. The summed E-state index contributed by atoms with van der Waals surface area (Å²) in [6.45, 7) is 3.76. The minimum atomic E-state index is -0.202. The van der Waals surface area contributed by atoms with Gasteiger partial charge in [-0.05, 0) is 30.5 Å². The average molecular weight is 293 g/mol. The molecule has 0 saturated heterocycles. The molecule has 2 N–H and O–H groups in total. The number of hydrogen-bond acceptors (Lipinski definition) is 1. The van der Waals surface area contributed by atoms with E-state index in [0.717, 1.165) is 9.99 Å². The molecule has 0 bridgehead atoms. The first-order valence-corrected chi connectivity index (χ1v) is 5.70. The van der Waals surface area contributed by atoms with Gasteiger partial charge >= 0.3 is 0 Å². The molecule has 0 aliphatic rings. The Hall–Kier alpha value is -0.320. The zero-order valence-electron chi connectivity index (χ0n) is 7.77. The number of benzene rings is 1. The molecule has 0 heterocycles. The third-order valence-corrected chi connectivity index (χ3v) is 3.53. The number of hydrogen-bond donors (Lipinski definition) is 1. The highest BCUT2D eigenvalue weighted by Gasteiger charge is 2.08. The lowest BCUT2D eigenvalue weighted by Crippen LogP contribution is -2.00. The average Bonchev–Trinajstić information content (AvgIpc) is 2.12. The minimum Gasteiger partial charge on any atom is -0.398 e. The SMILES string of the molecule is Cc1c(N)cc(C(C)CI)cc1F. The van der Waals surface area contributed by atoms with Crippen LogP contribution in [0.1, 0.15) is 24.0 Å². The van der Waals surface area contributed by atoms with Crippen molar-refractivity contribution in [2.45, 2.75) is 19.8 Å². The predicted octanol–water partition coefficient (Wildman–Crippen LogP) is 3.25. The Morgan fingerprint density at radius 3 is 2.62 bits per heavy atom. The first-order valence-electron chi connectivity index (χ1n) is 4.17. The molecule has 0 amide bonds. The van der Waals surface area contributed by atoms with Crippen LogP contribution in [0, 0.1) is 12.7 Å². The summed E-state index contributed by atoms with van der Waals surface area (Å²) >= 11 is 2.29. The molecule has 0 aliphatic carbocycles. The fourth-order valence-corrected chi connectivity index (χ4v) is 1.60. The second-order valence-corrected chi connectivity index (χ2v) is 4.15. The van der Waals surface area contributed by atoms with Gasteiger partial charge in [0.05, 0.1) is 0 Å². The number of anilines is 1. The molecular weight excluding hydrogens is 280 g/mol. The Kier molecular flexibility index (Phi) is 3.53. The van der Waals surface area contributed by atoms with E-state index in [1.807, 2.05) is 6.07 Å². The highest BCUT2D eigenvalue weighted by molar-refractivity contribution is 14.1. The van der Waals surface area contributed by atoms with Crippen LogP contribution in [0.4, 0.5) is 10.1 Å². The van der Waals surface area contributed by atoms with Crippen LogP contribution in [0.15, 0.2) is 12.1 Å². The van der Waals surface area contributed by atoms with E-state index in [4.69, 9.17) is 5.73 Å². The summed E-state index contributed by atoms with van der Waals surface area (Å²) in [6, 6.07) is 3.44. The summed E-state index contributed by atoms with van der Waals surface area (Å²) in [6.07, 6.45) is 0. The molecule has 1 aromatic rings. The van der Waals surface area contributed by atoms with Crippen molar-refractivity contribution in [2.75, 3.05) is 10.2 Å². The highest BCUT2D eigenvalue weighted by Crippen LogP contribution is 2.24. The number of nitrogens with two attached hydrogens (primary N) is 1. The van der Waals surface area contributed by atoms with E-state index in [2.05, 4.69) is 29.5 Å². The van der Waals surface area contributed by atoms with E-state index < -0.39 is 0 Å². The van der Waals surface area contributed by atoms with Crippen molar-refractivity contribution in [1.82, 2.24) is 0 Å². The summed E-state index contributed by atoms with van der Waals surface area (Å²) < 4.78 is 14.2. The summed E-state index contributed by atoms with van der Waals surface area (Å²) in [4.78, 5) is 0. The van der Waals surface area contributed by atoms with Crippen LogP contribution >= 0.6 is 22.6 Å². The highest BCUT2D eigenvalue weighted by atomic mass is 127. The Bertz CT molecular complexity index is 289. The van der Waals surface area contributed by atoms with Gasteiger partial charge in [0.15, 0.2) is 0 Å². The minimum absolute atomic E-state index is 0.202. The van der Waals surface area contributed by atoms with E-state index in [0.29, 0.717) is 17.2 Å². The normalized spacial score (nSPS) is 12.9. The van der Waals surface area contributed by atoms with Gasteiger partial charge in [0.2, 0.25) is 0 Å². The molecule has 0 aliphatic heterocycles. The van der Waals surface area contributed by atoms with Crippen molar-refractivity contribution >= 4 is 28.3 Å². The van der Waals surface area contributed by atoms with Gasteiger partial charge in [-0.25, -0.2) is 4.39 Å². The molecule has 1 atom stereocenters. The van der Waals surface area contributed by atoms with E-state index >= 15 is 0 Å². The second-order valence-electron chi connectivity index (χ2n) is 3.27. The molecule has 0 spiro atoms. The number of nitrogen functional groups attached to an aromatic ring is 1. The molecule has 0 fully saturated rings. The quantitative estimate of drug-likeness (QED) is 0.505. The van der Waals surface area contributed by atoms with E-state index in [1.54, 1.807) is 13.0 Å². The molecule has 0 radical (unpaired) electrons. The summed E-state index contributed by atoms with van der Waals surface area (Å²) in [7, 11) is 0. The molecular formula is C10H13FIN. The monoisotopic (exact) mass is 293 g/mol. The van der Waals surface area contributed by atoms with Crippen LogP contribution in [0.2, 0.25) is 0 Å². The summed E-state index contributed by atoms with van der Waals surface area (Å²) in [5.41, 5.74) is 7.75. The zero-order valence-corrected chi connectivity index (χ0v) is 9.93. The first-order chi connectivity index (χ1) is 6.06. The van der Waals surface area contributed by atoms with Crippen LogP contribution in [0.3, 0.4) is 0 Å². The smallest absolute Gasteiger partial charge is 0.128 e. The molecule has 1 unspecified atom stereocenters. The Morgan fingerprint density at radius 2 is 2.15 bits per heavy atom. The van der Waals surface area contributed by atoms with Crippen molar-refractivity contribution in [1.29, 1.82) is 0 Å². The first kappa shape index (κ1) is 10.8. The lowest BCUT2D eigenvalue weighted by Gasteiger charge is -2.11. The number of rotatable bonds is 2. The molecule has 0 aromatic heterocycles. The van der Waals surface area contributed by atoms with Crippen molar-refractivity contribution in [3.8, 4) is 0 Å². The fraction of sp³-hybridized carbons (Fsp3) is 0.400. The molecule has 1 rings (SSSR count).